The molecule has 0 spiro atoms. The molecular weight excluding hydrogens is 254 g/mol. The first-order chi connectivity index (χ1) is 8.04. The molecule has 2 N–H and O–H groups in total. The molecule has 1 fully saturated rings. The lowest BCUT2D eigenvalue weighted by Crippen LogP contribution is -2.32. The van der Waals surface area contributed by atoms with Crippen molar-refractivity contribution in [3.63, 3.8) is 0 Å². The van der Waals surface area contributed by atoms with E-state index in [2.05, 4.69) is 10.1 Å². The predicted molar refractivity (Wildman–Crippen MR) is 73.4 cm³/mol. The maximum Gasteiger partial charge on any atom is 0.226 e. The van der Waals surface area contributed by atoms with Crippen LogP contribution in [0.1, 0.15) is 37.2 Å². The first-order valence-electron chi connectivity index (χ1n) is 5.85. The van der Waals surface area contributed by atoms with Crippen LogP contribution in [0.2, 0.25) is 0 Å². The Morgan fingerprint density at radius 3 is 2.94 bits per heavy atom. The molecule has 1 aliphatic heterocycles. The van der Waals surface area contributed by atoms with Crippen LogP contribution in [0.4, 0.5) is 0 Å². The zero-order chi connectivity index (χ0) is 12.3. The summed E-state index contributed by atoms with van der Waals surface area (Å²) in [6.07, 6.45) is 1.63. The minimum absolute atomic E-state index is 0.177. The highest BCUT2D eigenvalue weighted by molar-refractivity contribution is 8.06. The molecule has 1 aliphatic rings. The molecule has 0 saturated carbocycles. The van der Waals surface area contributed by atoms with Crippen LogP contribution in [0.5, 0.6) is 0 Å². The van der Waals surface area contributed by atoms with Crippen molar-refractivity contribution in [1.29, 1.82) is 0 Å². The minimum atomic E-state index is -0.177. The third-order valence-corrected chi connectivity index (χ3v) is 5.32. The van der Waals surface area contributed by atoms with E-state index in [1.165, 1.54) is 11.5 Å². The molecule has 0 radical (unpaired) electrons. The highest BCUT2D eigenvalue weighted by Crippen LogP contribution is 2.35. The first-order valence-corrected chi connectivity index (χ1v) is 8.06. The Labute approximate surface area is 110 Å². The molecule has 1 saturated heterocycles. The number of rotatable bonds is 4. The number of thioether (sulfide) groups is 2. The second-order valence-electron chi connectivity index (χ2n) is 4.97. The highest BCUT2D eigenvalue weighted by atomic mass is 32.2. The van der Waals surface area contributed by atoms with Gasteiger partial charge in [0.25, 0.3) is 0 Å². The average Bonchev–Trinajstić information content (AvgIpc) is 2.75. The summed E-state index contributed by atoms with van der Waals surface area (Å²) >= 11 is 3.88. The van der Waals surface area contributed by atoms with Crippen LogP contribution in [-0.2, 0) is 6.42 Å². The topological polar surface area (TPSA) is 64.9 Å². The van der Waals surface area contributed by atoms with E-state index in [0.29, 0.717) is 5.25 Å². The largest absolute Gasteiger partial charge is 0.339 e. The molecule has 0 bridgehead atoms. The standard InChI is InChI=1S/C11H19N3OS2/c1-11(2,12)4-3-9-13-10(14-15-9)8-7-16-5-6-17-8/h8H,3-7,12H2,1-2H3. The molecule has 1 aromatic rings. The van der Waals surface area contributed by atoms with Gasteiger partial charge in [-0.1, -0.05) is 5.16 Å². The van der Waals surface area contributed by atoms with Crippen LogP contribution in [-0.4, -0.2) is 32.9 Å². The van der Waals surface area contributed by atoms with E-state index in [1.807, 2.05) is 37.4 Å². The third-order valence-electron chi connectivity index (χ3n) is 2.57. The molecule has 2 rings (SSSR count). The first kappa shape index (κ1) is 13.2. The monoisotopic (exact) mass is 273 g/mol. The molecule has 0 aromatic carbocycles. The van der Waals surface area contributed by atoms with Crippen LogP contribution in [0.15, 0.2) is 4.52 Å². The fraction of sp³-hybridized carbons (Fsp3) is 0.818. The van der Waals surface area contributed by atoms with Crippen molar-refractivity contribution in [3.8, 4) is 0 Å². The van der Waals surface area contributed by atoms with Crippen molar-refractivity contribution in [2.24, 2.45) is 5.73 Å². The van der Waals surface area contributed by atoms with Gasteiger partial charge in [-0.15, -0.1) is 11.8 Å². The molecule has 96 valence electrons. The molecule has 1 aromatic heterocycles. The van der Waals surface area contributed by atoms with Gasteiger partial charge in [-0.25, -0.2) is 0 Å². The normalized spacial score (nSPS) is 21.7. The van der Waals surface area contributed by atoms with Gasteiger partial charge in [0.15, 0.2) is 5.82 Å². The van der Waals surface area contributed by atoms with E-state index in [4.69, 9.17) is 10.3 Å². The van der Waals surface area contributed by atoms with Gasteiger partial charge in [0.1, 0.15) is 0 Å². The van der Waals surface area contributed by atoms with E-state index < -0.39 is 0 Å². The molecule has 17 heavy (non-hydrogen) atoms. The highest BCUT2D eigenvalue weighted by Gasteiger charge is 2.22. The van der Waals surface area contributed by atoms with Crippen molar-refractivity contribution in [1.82, 2.24) is 10.1 Å². The van der Waals surface area contributed by atoms with Gasteiger partial charge in [0.2, 0.25) is 5.89 Å². The number of nitrogens with two attached hydrogens (primary N) is 1. The maximum atomic E-state index is 5.94. The average molecular weight is 273 g/mol. The maximum absolute atomic E-state index is 5.94. The van der Waals surface area contributed by atoms with Crippen LogP contribution in [0.3, 0.4) is 0 Å². The number of aryl methyl sites for hydroxylation is 1. The fourth-order valence-corrected chi connectivity index (χ4v) is 4.16. The second-order valence-corrected chi connectivity index (χ2v) is 7.43. The summed E-state index contributed by atoms with van der Waals surface area (Å²) < 4.78 is 5.27. The van der Waals surface area contributed by atoms with Crippen molar-refractivity contribution in [3.05, 3.63) is 11.7 Å². The Balaban J connectivity index is 1.91. The van der Waals surface area contributed by atoms with Gasteiger partial charge < -0.3 is 10.3 Å². The molecule has 2 heterocycles. The quantitative estimate of drug-likeness (QED) is 0.908. The number of nitrogens with zero attached hydrogens (tertiary/aromatic N) is 2. The van der Waals surface area contributed by atoms with Gasteiger partial charge >= 0.3 is 0 Å². The van der Waals surface area contributed by atoms with Gasteiger partial charge in [-0.05, 0) is 20.3 Å². The van der Waals surface area contributed by atoms with E-state index >= 15 is 0 Å². The van der Waals surface area contributed by atoms with Crippen molar-refractivity contribution in [2.75, 3.05) is 17.3 Å². The third kappa shape index (κ3) is 4.19. The number of hydrogen-bond acceptors (Lipinski definition) is 6. The Morgan fingerprint density at radius 1 is 1.47 bits per heavy atom. The number of hydrogen-bond donors (Lipinski definition) is 1. The van der Waals surface area contributed by atoms with E-state index in [9.17, 15) is 0 Å². The Kier molecular flexibility index (Phi) is 4.38. The summed E-state index contributed by atoms with van der Waals surface area (Å²) in [5, 5.41) is 4.48. The zero-order valence-electron chi connectivity index (χ0n) is 10.3. The van der Waals surface area contributed by atoms with Crippen LogP contribution < -0.4 is 5.73 Å². The van der Waals surface area contributed by atoms with Gasteiger partial charge in [0.05, 0.1) is 5.25 Å². The lowest BCUT2D eigenvalue weighted by Gasteiger charge is -2.17. The van der Waals surface area contributed by atoms with E-state index in [1.54, 1.807) is 0 Å². The van der Waals surface area contributed by atoms with E-state index in [-0.39, 0.29) is 5.54 Å². The lowest BCUT2D eigenvalue weighted by atomic mass is 10.0. The molecule has 6 heteroatoms. The molecule has 0 amide bonds. The van der Waals surface area contributed by atoms with Crippen LogP contribution >= 0.6 is 23.5 Å². The summed E-state index contributed by atoms with van der Waals surface area (Å²) in [6.45, 7) is 4.02. The molecule has 1 atom stereocenters. The minimum Gasteiger partial charge on any atom is -0.339 e. The molecular formula is C11H19N3OS2. The predicted octanol–water partition coefficient (Wildman–Crippen LogP) is 2.26. The number of aromatic nitrogens is 2. The van der Waals surface area contributed by atoms with Crippen LogP contribution in [0.25, 0.3) is 0 Å². The summed E-state index contributed by atoms with van der Waals surface area (Å²) in [5.74, 6) is 5.07. The van der Waals surface area contributed by atoms with Gasteiger partial charge in [0, 0.05) is 29.2 Å². The molecule has 4 nitrogen and oxygen atoms in total. The Morgan fingerprint density at radius 2 is 2.29 bits per heavy atom. The molecule has 1 unspecified atom stereocenters. The SMILES string of the molecule is CC(C)(N)CCc1nc(C2CSCCS2)no1. The Bertz CT molecular complexity index is 356. The van der Waals surface area contributed by atoms with Crippen molar-refractivity contribution >= 4 is 23.5 Å². The van der Waals surface area contributed by atoms with E-state index in [0.717, 1.165) is 30.3 Å². The smallest absolute Gasteiger partial charge is 0.226 e. The Hall–Kier alpha value is -0.200. The summed E-state index contributed by atoms with van der Waals surface area (Å²) in [6, 6.07) is 0. The van der Waals surface area contributed by atoms with Crippen molar-refractivity contribution in [2.45, 2.75) is 37.5 Å². The van der Waals surface area contributed by atoms with Crippen molar-refractivity contribution < 1.29 is 4.52 Å². The lowest BCUT2D eigenvalue weighted by molar-refractivity contribution is 0.354. The second kappa shape index (κ2) is 5.63. The molecule has 0 aliphatic carbocycles. The zero-order valence-corrected chi connectivity index (χ0v) is 11.9. The summed E-state index contributed by atoms with van der Waals surface area (Å²) in [4.78, 5) is 4.47. The fourth-order valence-electron chi connectivity index (χ4n) is 1.57. The van der Waals surface area contributed by atoms with Crippen LogP contribution in [0, 0.1) is 0 Å². The summed E-state index contributed by atoms with van der Waals surface area (Å²) in [5.41, 5.74) is 5.76. The van der Waals surface area contributed by atoms with Gasteiger partial charge in [-0.2, -0.15) is 16.7 Å². The van der Waals surface area contributed by atoms with Gasteiger partial charge in [-0.3, -0.25) is 0 Å². The summed E-state index contributed by atoms with van der Waals surface area (Å²) in [7, 11) is 0.